The molecule has 0 amide bonds. The molecule has 64 heavy (non-hydrogen) atoms. The van der Waals surface area contributed by atoms with E-state index < -0.39 is 0 Å². The lowest BCUT2D eigenvalue weighted by Gasteiger charge is -2.28. The topological polar surface area (TPSA) is 21.3 Å². The van der Waals surface area contributed by atoms with Crippen LogP contribution in [0.4, 0.5) is 17.1 Å². The van der Waals surface area contributed by atoms with E-state index in [1.807, 2.05) is 24.3 Å². The standard InChI is InChI=1S/C56H31B5N2O/c57-50-51(58)53(60)55(54(61)52(50)59)63-43-19-7-5-16-41(43)48-44(20-10-21-45(48)63)62(37-27-25-33(26-28-37)36-24-23-32-11-1-2-13-35(32)31-36)46-30-29-40(39-18-9-14-34-12-3-4-15-38(34)39)56-49(46)42-17-6-8-22-47(42)64-56/h1-31H. The third-order valence-electron chi connectivity index (χ3n) is 12.8. The fourth-order valence-corrected chi connectivity index (χ4v) is 9.75. The predicted octanol–water partition coefficient (Wildman–Crippen LogP) is 9.76. The summed E-state index contributed by atoms with van der Waals surface area (Å²) in [5, 5.41) is 8.68. The molecule has 0 bridgehead atoms. The third-order valence-corrected chi connectivity index (χ3v) is 12.8. The Kier molecular flexibility index (Phi) is 8.81. The highest BCUT2D eigenvalue weighted by atomic mass is 16.3. The maximum Gasteiger partial charge on any atom is 0.145 e. The molecule has 286 valence electrons. The zero-order chi connectivity index (χ0) is 43.2. The molecule has 0 fully saturated rings. The van der Waals surface area contributed by atoms with E-state index in [9.17, 15) is 0 Å². The first-order chi connectivity index (χ1) is 31.4. The molecule has 8 heteroatoms. The van der Waals surface area contributed by atoms with Gasteiger partial charge in [-0.3, -0.25) is 0 Å². The lowest BCUT2D eigenvalue weighted by Crippen LogP contribution is -2.56. The molecule has 10 aromatic carbocycles. The van der Waals surface area contributed by atoms with Crippen LogP contribution in [0.2, 0.25) is 0 Å². The molecule has 0 atom stereocenters. The van der Waals surface area contributed by atoms with Crippen molar-refractivity contribution in [3.63, 3.8) is 0 Å². The van der Waals surface area contributed by atoms with Gasteiger partial charge in [0.05, 0.1) is 27.8 Å². The van der Waals surface area contributed by atoms with Crippen molar-refractivity contribution < 1.29 is 4.42 Å². The van der Waals surface area contributed by atoms with Gasteiger partial charge in [0.2, 0.25) is 0 Å². The minimum atomic E-state index is 0.168. The number of aromatic nitrogens is 1. The van der Waals surface area contributed by atoms with Crippen molar-refractivity contribution in [2.24, 2.45) is 0 Å². The average molecular weight is 802 g/mol. The highest BCUT2D eigenvalue weighted by Crippen LogP contribution is 2.49. The van der Waals surface area contributed by atoms with Gasteiger partial charge in [0.15, 0.2) is 0 Å². The lowest BCUT2D eigenvalue weighted by molar-refractivity contribution is 0.670. The van der Waals surface area contributed by atoms with Crippen LogP contribution in [0.1, 0.15) is 0 Å². The minimum absolute atomic E-state index is 0.168. The Morgan fingerprint density at radius 2 is 0.984 bits per heavy atom. The first kappa shape index (κ1) is 38.1. The molecule has 0 unspecified atom stereocenters. The van der Waals surface area contributed by atoms with Crippen LogP contribution in [0.25, 0.3) is 93.2 Å². The zero-order valence-corrected chi connectivity index (χ0v) is 34.6. The average Bonchev–Trinajstić information content (AvgIpc) is 3.90. The van der Waals surface area contributed by atoms with Gasteiger partial charge in [-0.1, -0.05) is 144 Å². The fraction of sp³-hybridized carbons (Fsp3) is 0. The van der Waals surface area contributed by atoms with Crippen LogP contribution in [0.5, 0.6) is 0 Å². The van der Waals surface area contributed by atoms with Gasteiger partial charge in [0, 0.05) is 33.1 Å². The summed E-state index contributed by atoms with van der Waals surface area (Å²) in [5.41, 5.74) is 12.1. The molecular formula is C56H31B5N2O. The van der Waals surface area contributed by atoms with Gasteiger partial charge in [-0.05, 0) is 92.8 Å². The van der Waals surface area contributed by atoms with Gasteiger partial charge in [0.25, 0.3) is 0 Å². The minimum Gasteiger partial charge on any atom is -0.455 e. The Morgan fingerprint density at radius 3 is 1.78 bits per heavy atom. The van der Waals surface area contributed by atoms with Crippen LogP contribution in [-0.2, 0) is 0 Å². The van der Waals surface area contributed by atoms with Gasteiger partial charge in [0.1, 0.15) is 50.4 Å². The summed E-state index contributed by atoms with van der Waals surface area (Å²) in [6, 6.07) is 66.1. The molecule has 0 saturated heterocycles. The molecule has 0 N–H and O–H groups in total. The Balaban J connectivity index is 1.16. The number of hydrogen-bond donors (Lipinski definition) is 0. The monoisotopic (exact) mass is 802 g/mol. The maximum absolute atomic E-state index is 6.95. The molecule has 3 nitrogen and oxygen atoms in total. The number of nitrogens with zero attached hydrogens (tertiary/aromatic N) is 2. The summed E-state index contributed by atoms with van der Waals surface area (Å²) in [4.78, 5) is 2.35. The lowest BCUT2D eigenvalue weighted by atomic mass is 9.61. The largest absolute Gasteiger partial charge is 0.455 e. The zero-order valence-electron chi connectivity index (χ0n) is 34.6. The molecule has 10 radical (unpaired) electrons. The van der Waals surface area contributed by atoms with Crippen molar-refractivity contribution in [3.05, 3.63) is 188 Å². The summed E-state index contributed by atoms with van der Waals surface area (Å²) in [5.74, 6) is 0. The Bertz CT molecular complexity index is 3840. The first-order valence-electron chi connectivity index (χ1n) is 21.2. The van der Waals surface area contributed by atoms with Crippen molar-refractivity contribution in [1.29, 1.82) is 0 Å². The van der Waals surface area contributed by atoms with Crippen LogP contribution in [-0.4, -0.2) is 43.8 Å². The second-order valence-corrected chi connectivity index (χ2v) is 16.3. The van der Waals surface area contributed by atoms with E-state index in [0.29, 0.717) is 5.69 Å². The maximum atomic E-state index is 6.95. The SMILES string of the molecule is [B]c1c([B])c([B])c(-n2c3ccccc3c3c(N(c4ccc(-c5ccc6ccccc6c5)cc4)c4ccc(-c5cccc6ccccc56)c5oc6ccccc6c45)cccc32)c([B])c1[B]. The van der Waals surface area contributed by atoms with Gasteiger partial charge >= 0.3 is 0 Å². The molecule has 0 aliphatic rings. The first-order valence-corrected chi connectivity index (χ1v) is 21.2. The quantitative estimate of drug-likeness (QED) is 0.156. The van der Waals surface area contributed by atoms with E-state index in [1.54, 1.807) is 0 Å². The number of fused-ring (bicyclic) bond motifs is 8. The van der Waals surface area contributed by atoms with Crippen LogP contribution in [0.3, 0.4) is 0 Å². The number of rotatable bonds is 6. The van der Waals surface area contributed by atoms with Crippen LogP contribution in [0, 0.1) is 0 Å². The molecule has 2 aromatic heterocycles. The summed E-state index contributed by atoms with van der Waals surface area (Å²) in [7, 11) is 33.0. The van der Waals surface area contributed by atoms with Gasteiger partial charge in [-0.15, -0.1) is 16.4 Å². The van der Waals surface area contributed by atoms with E-state index in [1.165, 1.54) is 10.8 Å². The summed E-state index contributed by atoms with van der Waals surface area (Å²) in [6.07, 6.45) is 0. The highest BCUT2D eigenvalue weighted by Gasteiger charge is 2.27. The van der Waals surface area contributed by atoms with Gasteiger partial charge < -0.3 is 13.9 Å². The smallest absolute Gasteiger partial charge is 0.145 e. The second kappa shape index (κ2) is 14.8. The number of hydrogen-bond acceptors (Lipinski definition) is 2. The number of anilines is 3. The summed E-state index contributed by atoms with van der Waals surface area (Å²) < 4.78 is 9.00. The molecule has 12 aromatic rings. The fourth-order valence-electron chi connectivity index (χ4n) is 9.75. The molecule has 2 heterocycles. The van der Waals surface area contributed by atoms with Gasteiger partial charge in [-0.25, -0.2) is 0 Å². The van der Waals surface area contributed by atoms with E-state index in [0.717, 1.165) is 93.8 Å². The molecular weight excluding hydrogens is 771 g/mol. The number of furan rings is 1. The molecule has 0 spiro atoms. The second-order valence-electron chi connectivity index (χ2n) is 16.3. The summed E-state index contributed by atoms with van der Waals surface area (Å²) >= 11 is 0. The molecule has 12 rings (SSSR count). The number of para-hydroxylation sites is 2. The molecule has 0 saturated carbocycles. The van der Waals surface area contributed by atoms with Crippen LogP contribution >= 0.6 is 0 Å². The Hall–Kier alpha value is -7.56. The third kappa shape index (κ3) is 5.75. The van der Waals surface area contributed by atoms with E-state index >= 15 is 0 Å². The predicted molar refractivity (Wildman–Crippen MR) is 276 cm³/mol. The van der Waals surface area contributed by atoms with Crippen molar-refractivity contribution in [1.82, 2.24) is 4.57 Å². The van der Waals surface area contributed by atoms with Crippen LogP contribution < -0.4 is 32.2 Å². The van der Waals surface area contributed by atoms with E-state index in [2.05, 4.69) is 173 Å². The van der Waals surface area contributed by atoms with Crippen molar-refractivity contribution in [2.45, 2.75) is 0 Å². The van der Waals surface area contributed by atoms with E-state index in [4.69, 9.17) is 43.6 Å². The van der Waals surface area contributed by atoms with E-state index in [-0.39, 0.29) is 27.3 Å². The molecule has 0 aliphatic carbocycles. The van der Waals surface area contributed by atoms with Crippen molar-refractivity contribution in [2.75, 3.05) is 4.90 Å². The van der Waals surface area contributed by atoms with Crippen molar-refractivity contribution in [3.8, 4) is 27.9 Å². The van der Waals surface area contributed by atoms with Gasteiger partial charge in [-0.2, -0.15) is 0 Å². The Morgan fingerprint density at radius 1 is 0.391 bits per heavy atom. The normalized spacial score (nSPS) is 11.8. The summed E-state index contributed by atoms with van der Waals surface area (Å²) in [6.45, 7) is 0. The van der Waals surface area contributed by atoms with Crippen LogP contribution in [0.15, 0.2) is 192 Å². The van der Waals surface area contributed by atoms with Crippen molar-refractivity contribution >= 4 is 149 Å². The molecule has 0 aliphatic heterocycles. The highest BCUT2D eigenvalue weighted by molar-refractivity contribution is 6.68. The Labute approximate surface area is 377 Å². The number of benzene rings is 10.